The maximum absolute atomic E-state index is 11.8. The molecule has 0 spiro atoms. The monoisotopic (exact) mass is 371 g/mol. The second-order valence-corrected chi connectivity index (χ2v) is 6.61. The van der Waals surface area contributed by atoms with Gasteiger partial charge in [-0.15, -0.1) is 0 Å². The molecule has 0 bridgehead atoms. The fourth-order valence-corrected chi connectivity index (χ4v) is 3.01. The van der Waals surface area contributed by atoms with Gasteiger partial charge in [-0.2, -0.15) is 0 Å². The molecule has 0 heterocycles. The number of hydrogen-bond donors (Lipinski definition) is 0. The number of nitrogens with zero attached hydrogens (tertiary/aromatic N) is 1. The molecule has 0 fully saturated rings. The van der Waals surface area contributed by atoms with Gasteiger partial charge >= 0.3 is 5.97 Å². The third-order valence-electron chi connectivity index (χ3n) is 4.13. The predicted molar refractivity (Wildman–Crippen MR) is 103 cm³/mol. The molecule has 2 aromatic carbocycles. The van der Waals surface area contributed by atoms with Crippen molar-refractivity contribution < 1.29 is 14.3 Å². The molecule has 0 aromatic heterocycles. The first-order valence-electron chi connectivity index (χ1n) is 8.62. The van der Waals surface area contributed by atoms with E-state index < -0.39 is 0 Å². The van der Waals surface area contributed by atoms with E-state index in [9.17, 15) is 9.59 Å². The first-order chi connectivity index (χ1) is 12.5. The number of carbonyl (C=O) groups is 1. The van der Waals surface area contributed by atoms with Crippen LogP contribution in [-0.4, -0.2) is 24.7 Å². The number of rotatable bonds is 8. The summed E-state index contributed by atoms with van der Waals surface area (Å²) in [6, 6.07) is 15.4. The van der Waals surface area contributed by atoms with Crippen LogP contribution in [0.3, 0.4) is 0 Å². The fraction of sp³-hybridized carbons (Fsp3) is 0.333. The number of ether oxygens (including phenoxy) is 1. The molecule has 0 N–H and O–H groups in total. The Balaban J connectivity index is 2.07. The normalized spacial score (nSPS) is 12.7. The molecule has 0 aliphatic rings. The first kappa shape index (κ1) is 19.9. The topological polar surface area (TPSA) is 55.7 Å². The minimum atomic E-state index is -0.317. The smallest absolute Gasteiger partial charge is 0.308 e. The van der Waals surface area contributed by atoms with Gasteiger partial charge in [-0.1, -0.05) is 54.9 Å². The molecule has 0 saturated carbocycles. The summed E-state index contributed by atoms with van der Waals surface area (Å²) in [5, 5.41) is 0.694. The highest BCUT2D eigenvalue weighted by Crippen LogP contribution is 2.24. The van der Waals surface area contributed by atoms with Crippen LogP contribution in [-0.2, 0) is 20.7 Å². The lowest BCUT2D eigenvalue weighted by atomic mass is 9.95. The minimum Gasteiger partial charge on any atom is -0.466 e. The van der Waals surface area contributed by atoms with E-state index in [0.29, 0.717) is 24.5 Å². The predicted octanol–water partition coefficient (Wildman–Crippen LogP) is 4.84. The summed E-state index contributed by atoms with van der Waals surface area (Å²) in [5.74, 6) is -0.585. The Labute approximate surface area is 158 Å². The highest BCUT2D eigenvalue weighted by molar-refractivity contribution is 6.30. The van der Waals surface area contributed by atoms with Crippen molar-refractivity contribution in [1.82, 2.24) is 0 Å². The summed E-state index contributed by atoms with van der Waals surface area (Å²) in [6.45, 7) is 3.90. The molecule has 26 heavy (non-hydrogen) atoms. The zero-order valence-corrected chi connectivity index (χ0v) is 15.7. The van der Waals surface area contributed by atoms with Gasteiger partial charge in [0.15, 0.2) is 0 Å². The van der Waals surface area contributed by atoms with Crippen molar-refractivity contribution in [3.63, 3.8) is 0 Å². The number of halogens is 1. The molecule has 5 heteroatoms. The van der Waals surface area contributed by atoms with Crippen molar-refractivity contribution >= 4 is 23.7 Å². The van der Waals surface area contributed by atoms with Gasteiger partial charge in [0.1, 0.15) is 0 Å². The molecule has 0 aliphatic heterocycles. The number of isocyanates is 1. The third kappa shape index (κ3) is 5.83. The van der Waals surface area contributed by atoms with Crippen LogP contribution >= 0.6 is 11.6 Å². The van der Waals surface area contributed by atoms with Gasteiger partial charge in [-0.25, -0.2) is 9.79 Å². The van der Waals surface area contributed by atoms with E-state index in [1.54, 1.807) is 19.9 Å². The number of carbonyl (C=O) groups excluding carboxylic acids is 2. The van der Waals surface area contributed by atoms with Crippen LogP contribution in [0.4, 0.5) is 0 Å². The minimum absolute atomic E-state index is 0.269. The van der Waals surface area contributed by atoms with E-state index in [4.69, 9.17) is 16.3 Å². The molecule has 1 unspecified atom stereocenters. The lowest BCUT2D eigenvalue weighted by Crippen LogP contribution is -2.21. The second-order valence-electron chi connectivity index (χ2n) is 6.17. The molecule has 0 aliphatic carbocycles. The lowest BCUT2D eigenvalue weighted by molar-refractivity contribution is -0.147. The summed E-state index contributed by atoms with van der Waals surface area (Å²) >= 11 is 6.04. The molecule has 2 atom stereocenters. The average molecular weight is 372 g/mol. The van der Waals surface area contributed by atoms with Gasteiger partial charge in [-0.05, 0) is 48.6 Å². The zero-order valence-electron chi connectivity index (χ0n) is 14.9. The maximum Gasteiger partial charge on any atom is 0.308 e. The Hall–Kier alpha value is -2.42. The summed E-state index contributed by atoms with van der Waals surface area (Å²) < 4.78 is 5.02. The maximum atomic E-state index is 11.8. The van der Waals surface area contributed by atoms with Crippen LogP contribution in [0.2, 0.25) is 5.02 Å². The van der Waals surface area contributed by atoms with E-state index >= 15 is 0 Å². The van der Waals surface area contributed by atoms with E-state index in [-0.39, 0.29) is 17.9 Å². The standard InChI is InChI=1S/C21H22ClNO3/c1-3-26-21(25)15(2)11-20(23-14-24)12-16-7-9-17(10-8-16)18-5-4-6-19(22)13-18/h4-10,13,15,20H,3,11-12H2,1-2H3/t15?,20-/m0/s1. The third-order valence-corrected chi connectivity index (χ3v) is 4.37. The van der Waals surface area contributed by atoms with Crippen LogP contribution in [0.5, 0.6) is 0 Å². The van der Waals surface area contributed by atoms with Gasteiger partial charge < -0.3 is 4.74 Å². The fourth-order valence-electron chi connectivity index (χ4n) is 2.82. The number of hydrogen-bond acceptors (Lipinski definition) is 4. The summed E-state index contributed by atoms with van der Waals surface area (Å²) in [4.78, 5) is 26.4. The van der Waals surface area contributed by atoms with Crippen LogP contribution < -0.4 is 0 Å². The van der Waals surface area contributed by atoms with E-state index in [2.05, 4.69) is 4.99 Å². The molecule has 0 amide bonds. The molecular formula is C21H22ClNO3. The summed E-state index contributed by atoms with van der Waals surface area (Å²) in [5.41, 5.74) is 3.14. The largest absolute Gasteiger partial charge is 0.466 e. The quantitative estimate of drug-likeness (QED) is 0.379. The van der Waals surface area contributed by atoms with Gasteiger partial charge in [0.2, 0.25) is 6.08 Å². The van der Waals surface area contributed by atoms with Gasteiger partial charge in [0, 0.05) is 5.02 Å². The number of aliphatic imine (C=N–C) groups is 1. The van der Waals surface area contributed by atoms with E-state index in [0.717, 1.165) is 16.7 Å². The Morgan fingerprint density at radius 1 is 1.19 bits per heavy atom. The van der Waals surface area contributed by atoms with E-state index in [1.165, 1.54) is 0 Å². The van der Waals surface area contributed by atoms with Crippen molar-refractivity contribution in [3.8, 4) is 11.1 Å². The highest BCUT2D eigenvalue weighted by atomic mass is 35.5. The molecule has 0 radical (unpaired) electrons. The van der Waals surface area contributed by atoms with Crippen molar-refractivity contribution in [1.29, 1.82) is 0 Å². The molecule has 2 rings (SSSR count). The molecule has 136 valence electrons. The van der Waals surface area contributed by atoms with Crippen molar-refractivity contribution in [2.45, 2.75) is 32.7 Å². The van der Waals surface area contributed by atoms with Gasteiger partial charge in [-0.3, -0.25) is 4.79 Å². The van der Waals surface area contributed by atoms with Gasteiger partial charge in [0.05, 0.1) is 18.6 Å². The summed E-state index contributed by atoms with van der Waals surface area (Å²) in [6.07, 6.45) is 2.63. The van der Waals surface area contributed by atoms with Crippen LogP contribution in [0.25, 0.3) is 11.1 Å². The number of esters is 1. The van der Waals surface area contributed by atoms with Gasteiger partial charge in [0.25, 0.3) is 0 Å². The molecule has 4 nitrogen and oxygen atoms in total. The summed E-state index contributed by atoms with van der Waals surface area (Å²) in [7, 11) is 0. The van der Waals surface area contributed by atoms with E-state index in [1.807, 2.05) is 48.5 Å². The lowest BCUT2D eigenvalue weighted by Gasteiger charge is -2.16. The highest BCUT2D eigenvalue weighted by Gasteiger charge is 2.20. The molecule has 0 saturated heterocycles. The Morgan fingerprint density at radius 3 is 2.54 bits per heavy atom. The first-order valence-corrected chi connectivity index (χ1v) is 8.99. The second kappa shape index (κ2) is 9.91. The number of benzene rings is 2. The van der Waals surface area contributed by atoms with Crippen molar-refractivity contribution in [2.24, 2.45) is 10.9 Å². The van der Waals surface area contributed by atoms with Crippen LogP contribution in [0.15, 0.2) is 53.5 Å². The Kier molecular flexibility index (Phi) is 7.58. The Morgan fingerprint density at radius 2 is 1.92 bits per heavy atom. The zero-order chi connectivity index (χ0) is 18.9. The van der Waals surface area contributed by atoms with Crippen LogP contribution in [0, 0.1) is 5.92 Å². The molecular weight excluding hydrogens is 350 g/mol. The Bertz CT molecular complexity index is 782. The van der Waals surface area contributed by atoms with Crippen molar-refractivity contribution in [3.05, 3.63) is 59.1 Å². The SMILES string of the molecule is CCOC(=O)C(C)C[C@@H](Cc1ccc(-c2cccc(Cl)c2)cc1)N=C=O. The molecule has 2 aromatic rings. The van der Waals surface area contributed by atoms with Crippen LogP contribution in [0.1, 0.15) is 25.8 Å². The average Bonchev–Trinajstić information content (AvgIpc) is 2.62. The van der Waals surface area contributed by atoms with Crippen molar-refractivity contribution in [2.75, 3.05) is 6.61 Å².